The van der Waals surface area contributed by atoms with Crippen LogP contribution in [0.5, 0.6) is 5.75 Å². The number of likely N-dealkylation sites (tertiary alicyclic amines) is 1. The molecular formula is C20H21NO5S. The fourth-order valence-corrected chi connectivity index (χ4v) is 5.09. The third kappa shape index (κ3) is 3.11. The van der Waals surface area contributed by atoms with E-state index in [1.807, 2.05) is 6.92 Å². The summed E-state index contributed by atoms with van der Waals surface area (Å²) in [6, 6.07) is 6.57. The van der Waals surface area contributed by atoms with Crippen LogP contribution in [0, 0.1) is 6.92 Å². The number of benzene rings is 1. The monoisotopic (exact) mass is 387 g/mol. The van der Waals surface area contributed by atoms with Gasteiger partial charge in [-0.25, -0.2) is 4.79 Å². The number of aromatic hydroxyl groups is 1. The third-order valence-corrected chi connectivity index (χ3v) is 6.71. The van der Waals surface area contributed by atoms with Crippen LogP contribution >= 0.6 is 11.3 Å². The van der Waals surface area contributed by atoms with Crippen molar-refractivity contribution in [1.29, 1.82) is 0 Å². The lowest BCUT2D eigenvalue weighted by molar-refractivity contribution is -0.0926. The Bertz CT molecular complexity index is 911. The number of amides is 1. The van der Waals surface area contributed by atoms with Crippen molar-refractivity contribution in [1.82, 2.24) is 4.90 Å². The van der Waals surface area contributed by atoms with E-state index >= 15 is 0 Å². The molecule has 0 aliphatic carbocycles. The van der Waals surface area contributed by atoms with E-state index in [-0.39, 0.29) is 11.7 Å². The molecular weight excluding hydrogens is 366 g/mol. The maximum absolute atomic E-state index is 12.9. The van der Waals surface area contributed by atoms with Gasteiger partial charge < -0.3 is 19.8 Å². The number of piperidine rings is 1. The first-order valence-corrected chi connectivity index (χ1v) is 9.81. The quantitative estimate of drug-likeness (QED) is 0.827. The number of ether oxygens (including phenoxy) is 1. The van der Waals surface area contributed by atoms with Crippen molar-refractivity contribution in [2.24, 2.45) is 0 Å². The number of aromatic carboxylic acids is 1. The van der Waals surface area contributed by atoms with E-state index in [1.54, 1.807) is 23.1 Å². The molecule has 2 aromatic rings. The van der Waals surface area contributed by atoms with Gasteiger partial charge in [0.2, 0.25) is 0 Å². The van der Waals surface area contributed by atoms with Crippen molar-refractivity contribution < 1.29 is 24.5 Å². The molecule has 0 radical (unpaired) electrons. The number of fused-ring (bicyclic) bond motifs is 2. The predicted molar refractivity (Wildman–Crippen MR) is 101 cm³/mol. The first-order chi connectivity index (χ1) is 12.9. The highest BCUT2D eigenvalue weighted by molar-refractivity contribution is 7.14. The highest BCUT2D eigenvalue weighted by atomic mass is 32.1. The second kappa shape index (κ2) is 6.65. The number of phenolic OH excluding ortho intramolecular Hbond substituents is 1. The maximum Gasteiger partial charge on any atom is 0.345 e. The van der Waals surface area contributed by atoms with Gasteiger partial charge in [0.1, 0.15) is 10.6 Å². The van der Waals surface area contributed by atoms with Gasteiger partial charge in [0, 0.05) is 30.0 Å². The molecule has 1 aromatic carbocycles. The van der Waals surface area contributed by atoms with Crippen LogP contribution in [0.4, 0.5) is 0 Å². The standard InChI is InChI=1S/C20H21NO5S/c1-12-2-3-13(22)10-14(12)18(23)21-7-5-20(6-8-21)15-11-17(19(24)25)27-16(15)4-9-26-20/h2-3,10-11,22H,4-9H2,1H3,(H,24,25). The predicted octanol–water partition coefficient (Wildman–Crippen LogP) is 3.16. The molecule has 27 heavy (non-hydrogen) atoms. The third-order valence-electron chi connectivity index (χ3n) is 5.53. The Kier molecular flexibility index (Phi) is 4.44. The Morgan fingerprint density at radius 3 is 2.67 bits per heavy atom. The summed E-state index contributed by atoms with van der Waals surface area (Å²) in [5.41, 5.74) is 1.83. The van der Waals surface area contributed by atoms with E-state index in [1.165, 1.54) is 17.4 Å². The first-order valence-electron chi connectivity index (χ1n) is 8.99. The molecule has 4 rings (SSSR count). The van der Waals surface area contributed by atoms with Crippen LogP contribution in [0.1, 0.15) is 48.9 Å². The van der Waals surface area contributed by atoms with E-state index in [9.17, 15) is 19.8 Å². The average molecular weight is 387 g/mol. The van der Waals surface area contributed by atoms with E-state index in [0.29, 0.717) is 43.0 Å². The van der Waals surface area contributed by atoms with Crippen LogP contribution in [0.25, 0.3) is 0 Å². The number of thiophene rings is 1. The maximum atomic E-state index is 12.9. The molecule has 1 spiro atoms. The van der Waals surface area contributed by atoms with Gasteiger partial charge in [0.15, 0.2) is 0 Å². The van der Waals surface area contributed by atoms with Crippen molar-refractivity contribution in [3.05, 3.63) is 50.7 Å². The van der Waals surface area contributed by atoms with Gasteiger partial charge in [0.05, 0.1) is 12.2 Å². The molecule has 0 atom stereocenters. The average Bonchev–Trinajstić information content (AvgIpc) is 3.10. The van der Waals surface area contributed by atoms with Gasteiger partial charge >= 0.3 is 5.97 Å². The van der Waals surface area contributed by atoms with Crippen LogP contribution in [-0.4, -0.2) is 46.7 Å². The molecule has 1 fully saturated rings. The molecule has 2 aliphatic rings. The zero-order chi connectivity index (χ0) is 19.2. The Morgan fingerprint density at radius 1 is 1.22 bits per heavy atom. The molecule has 142 valence electrons. The smallest absolute Gasteiger partial charge is 0.345 e. The van der Waals surface area contributed by atoms with Gasteiger partial charge in [-0.15, -0.1) is 11.3 Å². The summed E-state index contributed by atoms with van der Waals surface area (Å²) in [6.07, 6.45) is 2.01. The molecule has 3 heterocycles. The van der Waals surface area contributed by atoms with Crippen molar-refractivity contribution in [2.75, 3.05) is 19.7 Å². The van der Waals surface area contributed by atoms with E-state index in [4.69, 9.17) is 4.74 Å². The Labute approximate surface area is 161 Å². The number of phenols is 1. The van der Waals surface area contributed by atoms with Gasteiger partial charge in [-0.3, -0.25) is 4.79 Å². The van der Waals surface area contributed by atoms with Crippen LogP contribution in [0.15, 0.2) is 24.3 Å². The number of carboxylic acids is 1. The number of aryl methyl sites for hydroxylation is 1. The molecule has 2 N–H and O–H groups in total. The summed E-state index contributed by atoms with van der Waals surface area (Å²) in [5.74, 6) is -0.917. The molecule has 7 heteroatoms. The van der Waals surface area contributed by atoms with Crippen molar-refractivity contribution in [3.63, 3.8) is 0 Å². The van der Waals surface area contributed by atoms with Gasteiger partial charge in [-0.05, 0) is 49.1 Å². The fourth-order valence-electron chi connectivity index (χ4n) is 4.02. The van der Waals surface area contributed by atoms with Gasteiger partial charge in [0.25, 0.3) is 5.91 Å². The molecule has 0 saturated carbocycles. The van der Waals surface area contributed by atoms with Gasteiger partial charge in [-0.1, -0.05) is 6.07 Å². The summed E-state index contributed by atoms with van der Waals surface area (Å²) in [7, 11) is 0. The molecule has 1 amide bonds. The summed E-state index contributed by atoms with van der Waals surface area (Å²) >= 11 is 1.33. The Morgan fingerprint density at radius 2 is 1.96 bits per heavy atom. The lowest BCUT2D eigenvalue weighted by Crippen LogP contribution is -2.48. The number of carbonyl (C=O) groups is 2. The number of carboxylic acid groups (broad SMARTS) is 1. The fraction of sp³-hybridized carbons (Fsp3) is 0.400. The number of hydrogen-bond acceptors (Lipinski definition) is 5. The number of nitrogens with zero attached hydrogens (tertiary/aromatic N) is 1. The van der Waals surface area contributed by atoms with E-state index in [0.717, 1.165) is 22.4 Å². The summed E-state index contributed by atoms with van der Waals surface area (Å²) < 4.78 is 6.14. The molecule has 0 bridgehead atoms. The Balaban J connectivity index is 1.55. The lowest BCUT2D eigenvalue weighted by Gasteiger charge is -2.44. The number of rotatable bonds is 2. The molecule has 1 aromatic heterocycles. The minimum absolute atomic E-state index is 0.0807. The summed E-state index contributed by atoms with van der Waals surface area (Å²) in [5, 5.41) is 19.0. The van der Waals surface area contributed by atoms with Crippen LogP contribution < -0.4 is 0 Å². The highest BCUT2D eigenvalue weighted by Gasteiger charge is 2.43. The Hall–Kier alpha value is -2.38. The van der Waals surface area contributed by atoms with E-state index < -0.39 is 11.6 Å². The van der Waals surface area contributed by atoms with Crippen molar-refractivity contribution in [3.8, 4) is 5.75 Å². The second-order valence-electron chi connectivity index (χ2n) is 7.14. The number of hydrogen-bond donors (Lipinski definition) is 2. The van der Waals surface area contributed by atoms with E-state index in [2.05, 4.69) is 0 Å². The molecule has 2 aliphatic heterocycles. The van der Waals surface area contributed by atoms with Crippen LogP contribution in [0.3, 0.4) is 0 Å². The summed E-state index contributed by atoms with van der Waals surface area (Å²) in [4.78, 5) is 27.4. The topological polar surface area (TPSA) is 87.1 Å². The van der Waals surface area contributed by atoms with Crippen LogP contribution in [0.2, 0.25) is 0 Å². The highest BCUT2D eigenvalue weighted by Crippen LogP contribution is 2.44. The minimum atomic E-state index is -0.906. The molecule has 0 unspecified atom stereocenters. The van der Waals surface area contributed by atoms with Crippen molar-refractivity contribution in [2.45, 2.75) is 31.8 Å². The number of carbonyl (C=O) groups excluding carboxylic acids is 1. The van der Waals surface area contributed by atoms with Crippen LogP contribution in [-0.2, 0) is 16.8 Å². The summed E-state index contributed by atoms with van der Waals surface area (Å²) in [6.45, 7) is 3.50. The lowest BCUT2D eigenvalue weighted by atomic mass is 9.82. The van der Waals surface area contributed by atoms with Crippen molar-refractivity contribution >= 4 is 23.2 Å². The normalized spacial score (nSPS) is 18.3. The zero-order valence-electron chi connectivity index (χ0n) is 15.0. The SMILES string of the molecule is Cc1ccc(O)cc1C(=O)N1CCC2(CC1)OCCc1sc(C(=O)O)cc12. The first kappa shape index (κ1) is 18.0. The second-order valence-corrected chi connectivity index (χ2v) is 8.27. The molecule has 6 nitrogen and oxygen atoms in total. The zero-order valence-corrected chi connectivity index (χ0v) is 15.8. The van der Waals surface area contributed by atoms with Gasteiger partial charge in [-0.2, -0.15) is 0 Å². The minimum Gasteiger partial charge on any atom is -0.508 e. The largest absolute Gasteiger partial charge is 0.508 e. The molecule has 1 saturated heterocycles.